The quantitative estimate of drug-likeness (QED) is 0.744. The predicted octanol–water partition coefficient (Wildman–Crippen LogP) is 1.51. The number of unbranched alkanes of at least 4 members (excludes halogenated alkanes) is 1. The number of nitrogens with two attached hydrogens (primary N) is 1. The summed E-state index contributed by atoms with van der Waals surface area (Å²) in [6, 6.07) is 0.130. The van der Waals surface area contributed by atoms with Crippen LogP contribution in [0.2, 0.25) is 0 Å². The van der Waals surface area contributed by atoms with Gasteiger partial charge in [0.1, 0.15) is 0 Å². The first-order chi connectivity index (χ1) is 6.66. The lowest BCUT2D eigenvalue weighted by Crippen LogP contribution is -2.45. The van der Waals surface area contributed by atoms with E-state index >= 15 is 0 Å². The van der Waals surface area contributed by atoms with Crippen molar-refractivity contribution in [1.82, 2.24) is 4.90 Å². The standard InChI is InChI=1S/C11H22N2O/c1-3-4-7-10(12)11(14)13-8-5-6-9(13)2/h9-10H,3-8,12H2,1-2H3/t9?,10-/m0/s1. The van der Waals surface area contributed by atoms with Gasteiger partial charge in [0.15, 0.2) is 0 Å². The molecule has 0 aromatic carbocycles. The van der Waals surface area contributed by atoms with Crippen LogP contribution in [0.5, 0.6) is 0 Å². The molecule has 1 aliphatic heterocycles. The fourth-order valence-corrected chi connectivity index (χ4v) is 2.02. The van der Waals surface area contributed by atoms with Crippen molar-refractivity contribution in [3.05, 3.63) is 0 Å². The maximum Gasteiger partial charge on any atom is 0.239 e. The van der Waals surface area contributed by atoms with Gasteiger partial charge in [-0.05, 0) is 26.2 Å². The Labute approximate surface area is 86.6 Å². The Bertz CT molecular complexity index is 194. The molecular formula is C11H22N2O. The lowest BCUT2D eigenvalue weighted by Gasteiger charge is -2.24. The van der Waals surface area contributed by atoms with E-state index in [0.717, 1.165) is 38.6 Å². The fraction of sp³-hybridized carbons (Fsp3) is 0.909. The van der Waals surface area contributed by atoms with Crippen molar-refractivity contribution >= 4 is 5.91 Å². The monoisotopic (exact) mass is 198 g/mol. The van der Waals surface area contributed by atoms with Crippen LogP contribution in [0.4, 0.5) is 0 Å². The molecule has 1 saturated heterocycles. The van der Waals surface area contributed by atoms with Crippen LogP contribution in [0.1, 0.15) is 46.0 Å². The minimum Gasteiger partial charge on any atom is -0.339 e. The fourth-order valence-electron chi connectivity index (χ4n) is 2.02. The highest BCUT2D eigenvalue weighted by Crippen LogP contribution is 2.17. The molecule has 1 amide bonds. The van der Waals surface area contributed by atoms with Crippen LogP contribution in [-0.2, 0) is 4.79 Å². The summed E-state index contributed by atoms with van der Waals surface area (Å²) >= 11 is 0. The minimum atomic E-state index is -0.268. The van der Waals surface area contributed by atoms with Crippen molar-refractivity contribution in [3.8, 4) is 0 Å². The third kappa shape index (κ3) is 2.71. The molecule has 0 bridgehead atoms. The average molecular weight is 198 g/mol. The highest BCUT2D eigenvalue weighted by Gasteiger charge is 2.28. The van der Waals surface area contributed by atoms with Crippen molar-refractivity contribution < 1.29 is 4.79 Å². The summed E-state index contributed by atoms with van der Waals surface area (Å²) in [6.45, 7) is 5.13. The summed E-state index contributed by atoms with van der Waals surface area (Å²) in [5.74, 6) is 0.156. The molecule has 0 aromatic heterocycles. The first kappa shape index (κ1) is 11.5. The number of carbonyl (C=O) groups excluding carboxylic acids is 1. The normalized spacial score (nSPS) is 23.9. The van der Waals surface area contributed by atoms with Gasteiger partial charge >= 0.3 is 0 Å². The van der Waals surface area contributed by atoms with E-state index in [1.807, 2.05) is 4.90 Å². The molecule has 0 saturated carbocycles. The Morgan fingerprint density at radius 1 is 1.64 bits per heavy atom. The summed E-state index contributed by atoms with van der Waals surface area (Å²) in [7, 11) is 0. The number of nitrogens with zero attached hydrogens (tertiary/aromatic N) is 1. The molecule has 2 N–H and O–H groups in total. The Kier molecular flexibility index (Phi) is 4.39. The second-order valence-corrected chi connectivity index (χ2v) is 4.27. The lowest BCUT2D eigenvalue weighted by atomic mass is 10.1. The number of carbonyl (C=O) groups is 1. The molecule has 14 heavy (non-hydrogen) atoms. The van der Waals surface area contributed by atoms with E-state index in [1.165, 1.54) is 0 Å². The zero-order valence-corrected chi connectivity index (χ0v) is 9.33. The average Bonchev–Trinajstić information content (AvgIpc) is 2.59. The van der Waals surface area contributed by atoms with Crippen LogP contribution in [0, 0.1) is 0 Å². The SMILES string of the molecule is CCCC[C@H](N)C(=O)N1CCCC1C. The molecule has 1 aliphatic rings. The summed E-state index contributed by atoms with van der Waals surface area (Å²) in [4.78, 5) is 13.8. The topological polar surface area (TPSA) is 46.3 Å². The molecule has 0 radical (unpaired) electrons. The van der Waals surface area contributed by atoms with E-state index in [1.54, 1.807) is 0 Å². The van der Waals surface area contributed by atoms with E-state index in [-0.39, 0.29) is 11.9 Å². The van der Waals surface area contributed by atoms with E-state index < -0.39 is 0 Å². The van der Waals surface area contributed by atoms with Gasteiger partial charge in [0.05, 0.1) is 6.04 Å². The van der Waals surface area contributed by atoms with Gasteiger partial charge in [0, 0.05) is 12.6 Å². The van der Waals surface area contributed by atoms with Crippen LogP contribution >= 0.6 is 0 Å². The highest BCUT2D eigenvalue weighted by molar-refractivity contribution is 5.82. The molecule has 1 unspecified atom stereocenters. The molecule has 0 spiro atoms. The van der Waals surface area contributed by atoms with Gasteiger partial charge in [-0.3, -0.25) is 4.79 Å². The summed E-state index contributed by atoms with van der Waals surface area (Å²) < 4.78 is 0. The van der Waals surface area contributed by atoms with E-state index in [0.29, 0.717) is 6.04 Å². The van der Waals surface area contributed by atoms with E-state index in [4.69, 9.17) is 5.73 Å². The molecular weight excluding hydrogens is 176 g/mol. The molecule has 1 fully saturated rings. The lowest BCUT2D eigenvalue weighted by molar-refractivity contribution is -0.133. The van der Waals surface area contributed by atoms with Crippen molar-refractivity contribution in [2.45, 2.75) is 58.0 Å². The molecule has 0 aliphatic carbocycles. The second-order valence-electron chi connectivity index (χ2n) is 4.27. The third-order valence-corrected chi connectivity index (χ3v) is 3.02. The number of likely N-dealkylation sites (tertiary alicyclic amines) is 1. The number of hydrogen-bond donors (Lipinski definition) is 1. The summed E-state index contributed by atoms with van der Waals surface area (Å²) in [6.07, 6.45) is 5.25. The van der Waals surface area contributed by atoms with Crippen LogP contribution in [0.15, 0.2) is 0 Å². The zero-order chi connectivity index (χ0) is 10.6. The van der Waals surface area contributed by atoms with Gasteiger partial charge in [0.25, 0.3) is 0 Å². The predicted molar refractivity (Wildman–Crippen MR) is 57.9 cm³/mol. The van der Waals surface area contributed by atoms with E-state index in [2.05, 4.69) is 13.8 Å². The number of rotatable bonds is 4. The number of hydrogen-bond acceptors (Lipinski definition) is 2. The van der Waals surface area contributed by atoms with Crippen LogP contribution in [-0.4, -0.2) is 29.4 Å². The molecule has 82 valence electrons. The molecule has 3 heteroatoms. The van der Waals surface area contributed by atoms with Gasteiger partial charge in [-0.25, -0.2) is 0 Å². The summed E-state index contributed by atoms with van der Waals surface area (Å²) in [5.41, 5.74) is 5.85. The van der Waals surface area contributed by atoms with Gasteiger partial charge in [-0.15, -0.1) is 0 Å². The van der Waals surface area contributed by atoms with Crippen LogP contribution in [0.3, 0.4) is 0 Å². The molecule has 2 atom stereocenters. The van der Waals surface area contributed by atoms with Crippen molar-refractivity contribution in [2.75, 3.05) is 6.54 Å². The Hall–Kier alpha value is -0.570. The maximum absolute atomic E-state index is 11.9. The van der Waals surface area contributed by atoms with Crippen molar-refractivity contribution in [1.29, 1.82) is 0 Å². The summed E-state index contributed by atoms with van der Waals surface area (Å²) in [5, 5.41) is 0. The Morgan fingerprint density at radius 3 is 2.86 bits per heavy atom. The third-order valence-electron chi connectivity index (χ3n) is 3.02. The van der Waals surface area contributed by atoms with Gasteiger partial charge in [-0.1, -0.05) is 19.8 Å². The minimum absolute atomic E-state index is 0.156. The van der Waals surface area contributed by atoms with Crippen LogP contribution < -0.4 is 5.73 Å². The van der Waals surface area contributed by atoms with Gasteiger partial charge < -0.3 is 10.6 Å². The zero-order valence-electron chi connectivity index (χ0n) is 9.33. The number of amides is 1. The first-order valence-electron chi connectivity index (χ1n) is 5.73. The van der Waals surface area contributed by atoms with E-state index in [9.17, 15) is 4.79 Å². The Balaban J connectivity index is 2.39. The van der Waals surface area contributed by atoms with Crippen molar-refractivity contribution in [3.63, 3.8) is 0 Å². The van der Waals surface area contributed by atoms with Gasteiger partial charge in [0.2, 0.25) is 5.91 Å². The molecule has 1 heterocycles. The maximum atomic E-state index is 11.9. The van der Waals surface area contributed by atoms with Crippen LogP contribution in [0.25, 0.3) is 0 Å². The smallest absolute Gasteiger partial charge is 0.239 e. The highest BCUT2D eigenvalue weighted by atomic mass is 16.2. The molecule has 0 aromatic rings. The van der Waals surface area contributed by atoms with Crippen molar-refractivity contribution in [2.24, 2.45) is 5.73 Å². The molecule has 3 nitrogen and oxygen atoms in total. The first-order valence-corrected chi connectivity index (χ1v) is 5.73. The largest absolute Gasteiger partial charge is 0.339 e. The second kappa shape index (κ2) is 5.35. The Morgan fingerprint density at radius 2 is 2.36 bits per heavy atom. The van der Waals surface area contributed by atoms with Gasteiger partial charge in [-0.2, -0.15) is 0 Å². The molecule has 1 rings (SSSR count).